The Kier molecular flexibility index (Phi) is 3.93. The van der Waals surface area contributed by atoms with E-state index in [1.54, 1.807) is 0 Å². The third-order valence-electron chi connectivity index (χ3n) is 2.43. The standard InChI is InChI=1S/C12H9N3O6/c1-20-10-3-2-8(4-9(10)15(18)19)21-12-13-5-7(6-14-12)11(16)17/h2-6H,1H3,(H,16,17). The maximum absolute atomic E-state index is 10.9. The summed E-state index contributed by atoms with van der Waals surface area (Å²) in [6.07, 6.45) is 2.14. The maximum Gasteiger partial charge on any atom is 0.338 e. The molecule has 1 heterocycles. The molecule has 9 nitrogen and oxygen atoms in total. The van der Waals surface area contributed by atoms with Crippen molar-refractivity contribution < 1.29 is 24.3 Å². The average Bonchev–Trinajstić information content (AvgIpc) is 2.47. The van der Waals surface area contributed by atoms with E-state index < -0.39 is 10.9 Å². The van der Waals surface area contributed by atoms with Gasteiger partial charge in [-0.05, 0) is 12.1 Å². The zero-order valence-electron chi connectivity index (χ0n) is 10.7. The van der Waals surface area contributed by atoms with Crippen LogP contribution in [-0.2, 0) is 0 Å². The Morgan fingerprint density at radius 1 is 1.33 bits per heavy atom. The van der Waals surface area contributed by atoms with Crippen molar-refractivity contribution >= 4 is 11.7 Å². The molecule has 0 saturated heterocycles. The monoisotopic (exact) mass is 291 g/mol. The van der Waals surface area contributed by atoms with Crippen LogP contribution in [0, 0.1) is 10.1 Å². The number of nitrogens with zero attached hydrogens (tertiary/aromatic N) is 3. The molecular weight excluding hydrogens is 282 g/mol. The second-order valence-corrected chi connectivity index (χ2v) is 3.75. The zero-order valence-corrected chi connectivity index (χ0v) is 10.7. The summed E-state index contributed by atoms with van der Waals surface area (Å²) in [7, 11) is 1.32. The number of hydrogen-bond donors (Lipinski definition) is 1. The van der Waals surface area contributed by atoms with E-state index in [1.165, 1.54) is 19.2 Å². The molecule has 0 aliphatic carbocycles. The zero-order chi connectivity index (χ0) is 15.4. The summed E-state index contributed by atoms with van der Waals surface area (Å²) in [5, 5.41) is 19.6. The number of ether oxygens (including phenoxy) is 2. The van der Waals surface area contributed by atoms with E-state index in [2.05, 4.69) is 9.97 Å². The third-order valence-corrected chi connectivity index (χ3v) is 2.43. The third kappa shape index (κ3) is 3.21. The van der Waals surface area contributed by atoms with Gasteiger partial charge in [-0.3, -0.25) is 10.1 Å². The summed E-state index contributed by atoms with van der Waals surface area (Å²) in [4.78, 5) is 28.3. The number of nitro benzene ring substituents is 1. The Hall–Kier alpha value is -3.23. The molecule has 0 aliphatic heterocycles. The Morgan fingerprint density at radius 3 is 2.52 bits per heavy atom. The molecule has 21 heavy (non-hydrogen) atoms. The summed E-state index contributed by atoms with van der Waals surface area (Å²) < 4.78 is 10.1. The summed E-state index contributed by atoms with van der Waals surface area (Å²) in [5.74, 6) is -0.943. The first-order chi connectivity index (χ1) is 10.0. The number of hydrogen-bond acceptors (Lipinski definition) is 7. The number of carbonyl (C=O) groups is 1. The fourth-order valence-electron chi connectivity index (χ4n) is 1.46. The number of benzene rings is 1. The smallest absolute Gasteiger partial charge is 0.338 e. The minimum atomic E-state index is -1.17. The highest BCUT2D eigenvalue weighted by Crippen LogP contribution is 2.32. The SMILES string of the molecule is COc1ccc(Oc2ncc(C(=O)O)cn2)cc1[N+](=O)[O-]. The van der Waals surface area contributed by atoms with E-state index in [0.717, 1.165) is 18.5 Å². The molecule has 0 saturated carbocycles. The summed E-state index contributed by atoms with van der Waals surface area (Å²) in [6.45, 7) is 0. The van der Waals surface area contributed by atoms with Gasteiger partial charge in [-0.15, -0.1) is 0 Å². The molecule has 1 aromatic carbocycles. The summed E-state index contributed by atoms with van der Waals surface area (Å²) >= 11 is 0. The van der Waals surface area contributed by atoms with E-state index in [9.17, 15) is 14.9 Å². The molecule has 2 rings (SSSR count). The van der Waals surface area contributed by atoms with Gasteiger partial charge in [-0.2, -0.15) is 0 Å². The maximum atomic E-state index is 10.9. The van der Waals surface area contributed by atoms with Crippen LogP contribution in [-0.4, -0.2) is 33.1 Å². The second-order valence-electron chi connectivity index (χ2n) is 3.75. The van der Waals surface area contributed by atoms with E-state index >= 15 is 0 Å². The van der Waals surface area contributed by atoms with Gasteiger partial charge in [0.05, 0.1) is 23.7 Å². The molecular formula is C12H9N3O6. The van der Waals surface area contributed by atoms with Crippen LogP contribution in [0.2, 0.25) is 0 Å². The molecule has 0 spiro atoms. The van der Waals surface area contributed by atoms with Crippen LogP contribution in [0.25, 0.3) is 0 Å². The van der Waals surface area contributed by atoms with Gasteiger partial charge >= 0.3 is 17.7 Å². The van der Waals surface area contributed by atoms with Crippen LogP contribution in [0.5, 0.6) is 17.5 Å². The molecule has 0 aliphatic rings. The topological polar surface area (TPSA) is 125 Å². The Bertz CT molecular complexity index is 686. The van der Waals surface area contributed by atoms with Crippen molar-refractivity contribution in [2.75, 3.05) is 7.11 Å². The Labute approximate surface area is 117 Å². The van der Waals surface area contributed by atoms with Crippen LogP contribution in [0.3, 0.4) is 0 Å². The first-order valence-electron chi connectivity index (χ1n) is 5.57. The number of methoxy groups -OCH3 is 1. The molecule has 9 heteroatoms. The lowest BCUT2D eigenvalue weighted by atomic mass is 10.3. The molecule has 0 radical (unpaired) electrons. The molecule has 0 amide bonds. The quantitative estimate of drug-likeness (QED) is 0.653. The van der Waals surface area contributed by atoms with Gasteiger partial charge in [0, 0.05) is 12.4 Å². The fourth-order valence-corrected chi connectivity index (χ4v) is 1.46. The predicted octanol–water partition coefficient (Wildman–Crippen LogP) is 1.88. The van der Waals surface area contributed by atoms with E-state index in [4.69, 9.17) is 14.6 Å². The van der Waals surface area contributed by atoms with E-state index in [0.29, 0.717) is 0 Å². The highest BCUT2D eigenvalue weighted by Gasteiger charge is 2.16. The molecule has 0 unspecified atom stereocenters. The lowest BCUT2D eigenvalue weighted by molar-refractivity contribution is -0.385. The van der Waals surface area contributed by atoms with Gasteiger partial charge in [-0.25, -0.2) is 14.8 Å². The highest BCUT2D eigenvalue weighted by atomic mass is 16.6. The fraction of sp³-hybridized carbons (Fsp3) is 0.0833. The van der Waals surface area contributed by atoms with Crippen molar-refractivity contribution in [3.63, 3.8) is 0 Å². The number of carboxylic acids is 1. The minimum absolute atomic E-state index is 0.0921. The number of aromatic nitrogens is 2. The lowest BCUT2D eigenvalue weighted by Crippen LogP contribution is -2.00. The predicted molar refractivity (Wildman–Crippen MR) is 68.7 cm³/mol. The van der Waals surface area contributed by atoms with E-state index in [-0.39, 0.29) is 28.8 Å². The van der Waals surface area contributed by atoms with Gasteiger partial charge in [0.1, 0.15) is 5.75 Å². The summed E-state index contributed by atoms with van der Waals surface area (Å²) in [5.41, 5.74) is -0.361. The second kappa shape index (κ2) is 5.82. The lowest BCUT2D eigenvalue weighted by Gasteiger charge is -2.05. The molecule has 108 valence electrons. The van der Waals surface area contributed by atoms with Crippen LogP contribution in [0.15, 0.2) is 30.6 Å². The molecule has 2 aromatic rings. The Morgan fingerprint density at radius 2 is 2.00 bits per heavy atom. The minimum Gasteiger partial charge on any atom is -0.490 e. The van der Waals surface area contributed by atoms with Gasteiger partial charge in [0.15, 0.2) is 5.75 Å². The van der Waals surface area contributed by atoms with Crippen molar-refractivity contribution in [1.29, 1.82) is 0 Å². The van der Waals surface area contributed by atoms with Crippen LogP contribution < -0.4 is 9.47 Å². The number of aromatic carboxylic acids is 1. The normalized spacial score (nSPS) is 9.95. The number of carboxylic acid groups (broad SMARTS) is 1. The van der Waals surface area contributed by atoms with Crippen molar-refractivity contribution in [1.82, 2.24) is 9.97 Å². The van der Waals surface area contributed by atoms with Gasteiger partial charge in [0.2, 0.25) is 0 Å². The number of rotatable bonds is 5. The van der Waals surface area contributed by atoms with Crippen molar-refractivity contribution in [2.24, 2.45) is 0 Å². The molecule has 1 aromatic heterocycles. The van der Waals surface area contributed by atoms with Gasteiger partial charge in [-0.1, -0.05) is 0 Å². The molecule has 0 atom stereocenters. The highest BCUT2D eigenvalue weighted by molar-refractivity contribution is 5.86. The first kappa shape index (κ1) is 14.2. The number of nitro groups is 1. The van der Waals surface area contributed by atoms with Gasteiger partial charge < -0.3 is 14.6 Å². The van der Waals surface area contributed by atoms with Crippen LogP contribution in [0.4, 0.5) is 5.69 Å². The average molecular weight is 291 g/mol. The van der Waals surface area contributed by atoms with Crippen LogP contribution >= 0.6 is 0 Å². The van der Waals surface area contributed by atoms with Crippen LogP contribution in [0.1, 0.15) is 10.4 Å². The first-order valence-corrected chi connectivity index (χ1v) is 5.57. The van der Waals surface area contributed by atoms with E-state index in [1.807, 2.05) is 0 Å². The summed E-state index contributed by atoms with van der Waals surface area (Å²) in [6, 6.07) is 3.85. The Balaban J connectivity index is 2.25. The molecule has 0 fully saturated rings. The van der Waals surface area contributed by atoms with Gasteiger partial charge in [0.25, 0.3) is 0 Å². The van der Waals surface area contributed by atoms with Crippen molar-refractivity contribution in [2.45, 2.75) is 0 Å². The molecule has 1 N–H and O–H groups in total. The molecule has 0 bridgehead atoms. The largest absolute Gasteiger partial charge is 0.490 e. The van der Waals surface area contributed by atoms with Crippen molar-refractivity contribution in [3.05, 3.63) is 46.3 Å². The van der Waals surface area contributed by atoms with Crippen molar-refractivity contribution in [3.8, 4) is 17.5 Å².